The van der Waals surface area contributed by atoms with E-state index in [1.54, 1.807) is 0 Å². The van der Waals surface area contributed by atoms with E-state index in [2.05, 4.69) is 20.6 Å². The van der Waals surface area contributed by atoms with Gasteiger partial charge in [-0.2, -0.15) is 0 Å². The van der Waals surface area contributed by atoms with Gasteiger partial charge < -0.3 is 10.6 Å². The van der Waals surface area contributed by atoms with Gasteiger partial charge in [-0.1, -0.05) is 17.7 Å². The summed E-state index contributed by atoms with van der Waals surface area (Å²) in [7, 11) is 0. The summed E-state index contributed by atoms with van der Waals surface area (Å²) in [6, 6.07) is 7.36. The zero-order valence-corrected chi connectivity index (χ0v) is 15.1. The van der Waals surface area contributed by atoms with Gasteiger partial charge in [-0.15, -0.1) is 0 Å². The van der Waals surface area contributed by atoms with Crippen molar-refractivity contribution in [3.05, 3.63) is 76.6 Å². The molecule has 1 aromatic heterocycles. The van der Waals surface area contributed by atoms with Crippen molar-refractivity contribution >= 4 is 23.2 Å². The van der Waals surface area contributed by atoms with Crippen molar-refractivity contribution in [2.45, 2.75) is 20.8 Å². The number of carbonyl (C=O) groups excluding carboxylic acids is 1. The van der Waals surface area contributed by atoms with Gasteiger partial charge in [-0.25, -0.2) is 18.7 Å². The molecule has 0 atom stereocenters. The Morgan fingerprint density at radius 2 is 1.56 bits per heavy atom. The fraction of sp³-hybridized carbons (Fsp3) is 0.150. The molecule has 0 radical (unpaired) electrons. The van der Waals surface area contributed by atoms with Crippen molar-refractivity contribution in [1.29, 1.82) is 0 Å². The van der Waals surface area contributed by atoms with Gasteiger partial charge in [0.25, 0.3) is 5.91 Å². The first-order valence-electron chi connectivity index (χ1n) is 8.27. The summed E-state index contributed by atoms with van der Waals surface area (Å²) in [5.41, 5.74) is 4.41. The fourth-order valence-electron chi connectivity index (χ4n) is 2.78. The number of amides is 1. The summed E-state index contributed by atoms with van der Waals surface area (Å²) in [4.78, 5) is 20.5. The minimum absolute atomic E-state index is 0.167. The van der Waals surface area contributed by atoms with Crippen LogP contribution in [0.3, 0.4) is 0 Å². The molecule has 2 N–H and O–H groups in total. The van der Waals surface area contributed by atoms with E-state index in [9.17, 15) is 13.6 Å². The Balaban J connectivity index is 1.73. The Morgan fingerprint density at radius 3 is 2.15 bits per heavy atom. The molecule has 0 spiro atoms. The average molecular weight is 368 g/mol. The minimum Gasteiger partial charge on any atom is -0.324 e. The highest BCUT2D eigenvalue weighted by molar-refractivity contribution is 6.04. The molecule has 138 valence electrons. The topological polar surface area (TPSA) is 66.9 Å². The lowest BCUT2D eigenvalue weighted by atomic mass is 10.0. The number of benzene rings is 2. The molecule has 3 rings (SSSR count). The van der Waals surface area contributed by atoms with E-state index in [1.807, 2.05) is 32.9 Å². The smallest absolute Gasteiger partial charge is 0.258 e. The van der Waals surface area contributed by atoms with E-state index >= 15 is 0 Å². The molecule has 0 aliphatic carbocycles. The van der Waals surface area contributed by atoms with Crippen LogP contribution in [0.1, 0.15) is 27.0 Å². The fourth-order valence-corrected chi connectivity index (χ4v) is 2.78. The quantitative estimate of drug-likeness (QED) is 0.702. The van der Waals surface area contributed by atoms with Crippen molar-refractivity contribution in [3.63, 3.8) is 0 Å². The van der Waals surface area contributed by atoms with Crippen LogP contribution in [-0.2, 0) is 0 Å². The SMILES string of the molecule is Cc1cc(C)c(NC(=O)c2cnc(Nc3ccc(F)c(F)c3)nc2)c(C)c1. The molecule has 1 amide bonds. The molecule has 2 aromatic carbocycles. The van der Waals surface area contributed by atoms with Crippen molar-refractivity contribution in [2.75, 3.05) is 10.6 Å². The van der Waals surface area contributed by atoms with Crippen LogP contribution in [0.5, 0.6) is 0 Å². The molecular weight excluding hydrogens is 350 g/mol. The van der Waals surface area contributed by atoms with Gasteiger partial charge >= 0.3 is 0 Å². The van der Waals surface area contributed by atoms with Gasteiger partial charge in [-0.3, -0.25) is 4.79 Å². The largest absolute Gasteiger partial charge is 0.324 e. The molecule has 0 aliphatic rings. The first-order chi connectivity index (χ1) is 12.8. The molecule has 0 saturated heterocycles. The first kappa shape index (κ1) is 18.4. The highest BCUT2D eigenvalue weighted by atomic mass is 19.2. The summed E-state index contributed by atoms with van der Waals surface area (Å²) >= 11 is 0. The number of aromatic nitrogens is 2. The van der Waals surface area contributed by atoms with Crippen molar-refractivity contribution in [2.24, 2.45) is 0 Å². The molecular formula is C20H18F2N4O. The maximum absolute atomic E-state index is 13.2. The Bertz CT molecular complexity index is 980. The van der Waals surface area contributed by atoms with Crippen molar-refractivity contribution < 1.29 is 13.6 Å². The summed E-state index contributed by atoms with van der Waals surface area (Å²) in [6.07, 6.45) is 2.73. The van der Waals surface area contributed by atoms with Gasteiger partial charge in [0.2, 0.25) is 5.95 Å². The van der Waals surface area contributed by atoms with E-state index in [1.165, 1.54) is 18.5 Å². The number of anilines is 3. The number of hydrogen-bond acceptors (Lipinski definition) is 4. The van der Waals surface area contributed by atoms with Gasteiger partial charge in [-0.05, 0) is 44.0 Å². The van der Waals surface area contributed by atoms with Crippen LogP contribution in [0, 0.1) is 32.4 Å². The maximum atomic E-state index is 13.2. The normalized spacial score (nSPS) is 10.6. The summed E-state index contributed by atoms with van der Waals surface area (Å²) < 4.78 is 26.2. The standard InChI is InChI=1S/C20H18F2N4O/c1-11-6-12(2)18(13(3)7-11)26-19(27)14-9-23-20(24-10-14)25-15-4-5-16(21)17(22)8-15/h4-10H,1-3H3,(H,26,27)(H,23,24,25). The van der Waals surface area contributed by atoms with Crippen LogP contribution in [0.15, 0.2) is 42.7 Å². The second-order valence-corrected chi connectivity index (χ2v) is 6.28. The lowest BCUT2D eigenvalue weighted by molar-refractivity contribution is 0.102. The minimum atomic E-state index is -0.972. The Morgan fingerprint density at radius 1 is 0.926 bits per heavy atom. The van der Waals surface area contributed by atoms with E-state index in [0.717, 1.165) is 34.5 Å². The molecule has 0 fully saturated rings. The van der Waals surface area contributed by atoms with Crippen LogP contribution in [0.4, 0.5) is 26.1 Å². The Hall–Kier alpha value is -3.35. The number of halogens is 2. The van der Waals surface area contributed by atoms with Crippen molar-refractivity contribution in [3.8, 4) is 0 Å². The second-order valence-electron chi connectivity index (χ2n) is 6.28. The van der Waals surface area contributed by atoms with Crippen LogP contribution >= 0.6 is 0 Å². The van der Waals surface area contributed by atoms with Gasteiger partial charge in [0.1, 0.15) is 0 Å². The molecule has 7 heteroatoms. The van der Waals surface area contributed by atoms with Crippen LogP contribution in [-0.4, -0.2) is 15.9 Å². The van der Waals surface area contributed by atoms with E-state index in [-0.39, 0.29) is 17.4 Å². The van der Waals surface area contributed by atoms with Crippen molar-refractivity contribution in [1.82, 2.24) is 9.97 Å². The van der Waals surface area contributed by atoms with Crippen LogP contribution in [0.25, 0.3) is 0 Å². The monoisotopic (exact) mass is 368 g/mol. The number of nitrogens with zero attached hydrogens (tertiary/aromatic N) is 2. The molecule has 0 saturated carbocycles. The highest BCUT2D eigenvalue weighted by Crippen LogP contribution is 2.22. The molecule has 5 nitrogen and oxygen atoms in total. The number of hydrogen-bond donors (Lipinski definition) is 2. The van der Waals surface area contributed by atoms with Crippen LogP contribution in [0.2, 0.25) is 0 Å². The molecule has 27 heavy (non-hydrogen) atoms. The van der Waals surface area contributed by atoms with E-state index in [0.29, 0.717) is 5.69 Å². The van der Waals surface area contributed by atoms with Gasteiger partial charge in [0.15, 0.2) is 11.6 Å². The second kappa shape index (κ2) is 7.49. The Kier molecular flexibility index (Phi) is 5.12. The van der Waals surface area contributed by atoms with Gasteiger partial charge in [0, 0.05) is 29.8 Å². The third-order valence-electron chi connectivity index (χ3n) is 4.01. The molecule has 0 aliphatic heterocycles. The lowest BCUT2D eigenvalue weighted by Crippen LogP contribution is -2.15. The predicted molar refractivity (Wildman–Crippen MR) is 100 cm³/mol. The molecule has 0 unspecified atom stereocenters. The Labute approximate surface area is 155 Å². The summed E-state index contributed by atoms with van der Waals surface area (Å²) in [5.74, 6) is -2.07. The zero-order chi connectivity index (χ0) is 19.6. The number of aryl methyl sites for hydroxylation is 3. The number of carbonyl (C=O) groups is 1. The van der Waals surface area contributed by atoms with Gasteiger partial charge in [0.05, 0.1) is 5.56 Å². The maximum Gasteiger partial charge on any atom is 0.258 e. The van der Waals surface area contributed by atoms with E-state index in [4.69, 9.17) is 0 Å². The average Bonchev–Trinajstić information content (AvgIpc) is 2.61. The number of rotatable bonds is 4. The zero-order valence-electron chi connectivity index (χ0n) is 15.1. The molecule has 0 bridgehead atoms. The molecule has 1 heterocycles. The van der Waals surface area contributed by atoms with Crippen LogP contribution < -0.4 is 10.6 Å². The number of nitrogens with one attached hydrogen (secondary N) is 2. The van der Waals surface area contributed by atoms with E-state index < -0.39 is 11.6 Å². The molecule has 3 aromatic rings. The third kappa shape index (κ3) is 4.25. The first-order valence-corrected chi connectivity index (χ1v) is 8.27. The summed E-state index contributed by atoms with van der Waals surface area (Å²) in [5, 5.41) is 5.63. The predicted octanol–water partition coefficient (Wildman–Crippen LogP) is 4.68. The summed E-state index contributed by atoms with van der Waals surface area (Å²) in [6.45, 7) is 5.86. The lowest BCUT2D eigenvalue weighted by Gasteiger charge is -2.13. The third-order valence-corrected chi connectivity index (χ3v) is 4.01. The highest BCUT2D eigenvalue weighted by Gasteiger charge is 2.12.